The maximum absolute atomic E-state index is 6.95. The van der Waals surface area contributed by atoms with Gasteiger partial charge in [0, 0.05) is 18.6 Å². The summed E-state index contributed by atoms with van der Waals surface area (Å²) in [5.74, 6) is 1.61. The lowest BCUT2D eigenvalue weighted by molar-refractivity contribution is -0.0363. The molecule has 0 aromatic heterocycles. The number of ether oxygens (including phenoxy) is 3. The molecule has 3 aromatic rings. The highest BCUT2D eigenvalue weighted by Crippen LogP contribution is 2.37. The highest BCUT2D eigenvalue weighted by molar-refractivity contribution is 6.99. The maximum atomic E-state index is 6.95. The molecule has 0 radical (unpaired) electrons. The number of rotatable bonds is 8. The predicted octanol–water partition coefficient (Wildman–Crippen LogP) is 5.55. The van der Waals surface area contributed by atoms with E-state index in [1.807, 2.05) is 24.3 Å². The fourth-order valence-corrected chi connectivity index (χ4v) is 8.99. The molecule has 33 heavy (non-hydrogen) atoms. The molecule has 172 valence electrons. The molecule has 0 spiro atoms. The SMILES string of the molecule is COc1ccc(C2OC=C(CCO[Si](c3ccccc3)(c3ccccc3)C(C)(C)C)O2)cc1. The van der Waals surface area contributed by atoms with Crippen LogP contribution in [-0.2, 0) is 13.9 Å². The van der Waals surface area contributed by atoms with Gasteiger partial charge in [-0.25, -0.2) is 0 Å². The predicted molar refractivity (Wildman–Crippen MR) is 134 cm³/mol. The van der Waals surface area contributed by atoms with E-state index in [-0.39, 0.29) is 5.04 Å². The van der Waals surface area contributed by atoms with Crippen LogP contribution in [0.25, 0.3) is 0 Å². The quantitative estimate of drug-likeness (QED) is 0.413. The van der Waals surface area contributed by atoms with Crippen LogP contribution < -0.4 is 15.1 Å². The Morgan fingerprint density at radius 1 is 0.818 bits per heavy atom. The Hall–Kier alpha value is -3.02. The zero-order valence-electron chi connectivity index (χ0n) is 19.8. The normalized spacial score (nSPS) is 16.0. The van der Waals surface area contributed by atoms with Gasteiger partial charge < -0.3 is 18.6 Å². The van der Waals surface area contributed by atoms with E-state index < -0.39 is 14.6 Å². The lowest BCUT2D eigenvalue weighted by Gasteiger charge is -2.43. The second-order valence-electron chi connectivity index (χ2n) is 9.20. The number of hydrogen-bond donors (Lipinski definition) is 0. The smallest absolute Gasteiger partial charge is 0.266 e. The van der Waals surface area contributed by atoms with E-state index in [0.29, 0.717) is 13.0 Å². The van der Waals surface area contributed by atoms with Gasteiger partial charge in [0.25, 0.3) is 14.6 Å². The first-order valence-corrected chi connectivity index (χ1v) is 13.2. The minimum absolute atomic E-state index is 0.0528. The Morgan fingerprint density at radius 3 is 1.91 bits per heavy atom. The molecule has 0 saturated carbocycles. The van der Waals surface area contributed by atoms with Crippen molar-refractivity contribution < 1.29 is 18.6 Å². The molecule has 1 aliphatic rings. The molecule has 1 aliphatic heterocycles. The summed E-state index contributed by atoms with van der Waals surface area (Å²) in [7, 11) is -0.894. The van der Waals surface area contributed by atoms with Crippen LogP contribution in [0.15, 0.2) is 97.0 Å². The second kappa shape index (κ2) is 9.85. The van der Waals surface area contributed by atoms with Crippen LogP contribution in [0.4, 0.5) is 0 Å². The summed E-state index contributed by atoms with van der Waals surface area (Å²) in [5, 5.41) is 2.50. The number of hydrogen-bond acceptors (Lipinski definition) is 4. The Kier molecular flexibility index (Phi) is 6.91. The second-order valence-corrected chi connectivity index (χ2v) is 13.5. The maximum Gasteiger partial charge on any atom is 0.266 e. The summed E-state index contributed by atoms with van der Waals surface area (Å²) < 4.78 is 24.0. The first-order chi connectivity index (χ1) is 15.9. The molecule has 1 heterocycles. The largest absolute Gasteiger partial charge is 0.497 e. The van der Waals surface area contributed by atoms with Crippen LogP contribution in [-0.4, -0.2) is 22.0 Å². The van der Waals surface area contributed by atoms with Crippen LogP contribution in [0.5, 0.6) is 5.75 Å². The van der Waals surface area contributed by atoms with Gasteiger partial charge in [-0.3, -0.25) is 0 Å². The summed E-state index contributed by atoms with van der Waals surface area (Å²) >= 11 is 0. The molecule has 0 aliphatic carbocycles. The third kappa shape index (κ3) is 4.84. The minimum atomic E-state index is -2.55. The number of methoxy groups -OCH3 is 1. The minimum Gasteiger partial charge on any atom is -0.497 e. The van der Waals surface area contributed by atoms with Gasteiger partial charge in [-0.15, -0.1) is 0 Å². The fourth-order valence-electron chi connectivity index (χ4n) is 4.42. The molecule has 0 saturated heterocycles. The molecule has 0 fully saturated rings. The zero-order valence-corrected chi connectivity index (χ0v) is 20.8. The lowest BCUT2D eigenvalue weighted by Crippen LogP contribution is -2.66. The van der Waals surface area contributed by atoms with E-state index in [1.165, 1.54) is 10.4 Å². The van der Waals surface area contributed by atoms with Crippen LogP contribution in [0.2, 0.25) is 5.04 Å². The van der Waals surface area contributed by atoms with Crippen molar-refractivity contribution in [3.8, 4) is 5.75 Å². The summed E-state index contributed by atoms with van der Waals surface area (Å²) in [6, 6.07) is 29.1. The highest BCUT2D eigenvalue weighted by atomic mass is 28.4. The van der Waals surface area contributed by atoms with Crippen molar-refractivity contribution in [2.45, 2.75) is 38.5 Å². The summed E-state index contributed by atoms with van der Waals surface area (Å²) in [4.78, 5) is 0. The van der Waals surface area contributed by atoms with Crippen LogP contribution in [0.3, 0.4) is 0 Å². The van der Waals surface area contributed by atoms with Gasteiger partial charge in [0.15, 0.2) is 0 Å². The van der Waals surface area contributed by atoms with Crippen molar-refractivity contribution in [2.24, 2.45) is 0 Å². The van der Waals surface area contributed by atoms with Crippen molar-refractivity contribution in [1.29, 1.82) is 0 Å². The van der Waals surface area contributed by atoms with Crippen molar-refractivity contribution in [3.05, 3.63) is 103 Å². The first kappa shape index (κ1) is 23.1. The topological polar surface area (TPSA) is 36.9 Å². The van der Waals surface area contributed by atoms with Gasteiger partial charge >= 0.3 is 0 Å². The Balaban J connectivity index is 1.50. The average molecular weight is 461 g/mol. The van der Waals surface area contributed by atoms with E-state index >= 15 is 0 Å². The van der Waals surface area contributed by atoms with Gasteiger partial charge in [0.05, 0.1) is 7.11 Å². The summed E-state index contributed by atoms with van der Waals surface area (Å²) in [6.07, 6.45) is 1.93. The van der Waals surface area contributed by atoms with Gasteiger partial charge in [-0.2, -0.15) is 0 Å². The van der Waals surface area contributed by atoms with Gasteiger partial charge in [-0.05, 0) is 39.7 Å². The molecule has 5 heteroatoms. The Morgan fingerprint density at radius 2 is 1.39 bits per heavy atom. The van der Waals surface area contributed by atoms with Crippen molar-refractivity contribution >= 4 is 18.7 Å². The first-order valence-electron chi connectivity index (χ1n) is 11.3. The van der Waals surface area contributed by atoms with Crippen LogP contribution in [0, 0.1) is 0 Å². The molecule has 1 unspecified atom stereocenters. The lowest BCUT2D eigenvalue weighted by atomic mass is 10.2. The fraction of sp³-hybridized carbons (Fsp3) is 0.286. The molecular weight excluding hydrogens is 428 g/mol. The van der Waals surface area contributed by atoms with Gasteiger partial charge in [0.1, 0.15) is 17.8 Å². The van der Waals surface area contributed by atoms with E-state index in [1.54, 1.807) is 13.4 Å². The average Bonchev–Trinajstić information content (AvgIpc) is 3.31. The van der Waals surface area contributed by atoms with Crippen molar-refractivity contribution in [1.82, 2.24) is 0 Å². The Bertz CT molecular complexity index is 1020. The highest BCUT2D eigenvalue weighted by Gasteiger charge is 2.50. The molecule has 3 aromatic carbocycles. The van der Waals surface area contributed by atoms with E-state index in [2.05, 4.69) is 81.4 Å². The van der Waals surface area contributed by atoms with Crippen LogP contribution in [0.1, 0.15) is 39.0 Å². The van der Waals surface area contributed by atoms with Crippen LogP contribution >= 0.6 is 0 Å². The summed E-state index contributed by atoms with van der Waals surface area (Å²) in [6.45, 7) is 7.41. The van der Waals surface area contributed by atoms with E-state index in [0.717, 1.165) is 17.1 Å². The molecule has 4 rings (SSSR count). The van der Waals surface area contributed by atoms with E-state index in [9.17, 15) is 0 Å². The van der Waals surface area contributed by atoms with Crippen molar-refractivity contribution in [2.75, 3.05) is 13.7 Å². The monoisotopic (exact) mass is 460 g/mol. The molecule has 4 nitrogen and oxygen atoms in total. The molecule has 0 amide bonds. The zero-order chi connectivity index (χ0) is 23.3. The molecule has 0 N–H and O–H groups in total. The van der Waals surface area contributed by atoms with E-state index in [4.69, 9.17) is 18.6 Å². The number of benzene rings is 3. The summed E-state index contributed by atoms with van der Waals surface area (Å²) in [5.41, 5.74) is 0.954. The molecule has 0 bridgehead atoms. The molecular formula is C28H32O4Si. The van der Waals surface area contributed by atoms with Gasteiger partial charge in [0.2, 0.25) is 0 Å². The Labute approximate surface area is 197 Å². The third-order valence-corrected chi connectivity index (χ3v) is 11.1. The van der Waals surface area contributed by atoms with Gasteiger partial charge in [-0.1, -0.05) is 81.4 Å². The molecule has 1 atom stereocenters. The standard InChI is InChI=1S/C28H32O4Si/c1-28(2,3)33(25-11-7-5-8-12-25,26-13-9-6-10-14-26)31-20-19-24-21-30-27(32-24)22-15-17-23(29-4)18-16-22/h5-18,21,27H,19-20H2,1-4H3. The third-order valence-electron chi connectivity index (χ3n) is 6.05. The van der Waals surface area contributed by atoms with Crippen molar-refractivity contribution in [3.63, 3.8) is 0 Å².